The standard InChI is InChI=1S/C11H14N2O2/c1-2-3-5-9-6-4-7-10(13-9)8-12-11(14)15/h2,4,6-7,12H,1,3,5,8H2,(H,14,15). The van der Waals surface area contributed by atoms with E-state index >= 15 is 0 Å². The average Bonchev–Trinajstić information content (AvgIpc) is 2.24. The van der Waals surface area contributed by atoms with Gasteiger partial charge in [0.25, 0.3) is 0 Å². The summed E-state index contributed by atoms with van der Waals surface area (Å²) in [4.78, 5) is 14.6. The van der Waals surface area contributed by atoms with E-state index in [4.69, 9.17) is 5.11 Å². The molecule has 80 valence electrons. The Bertz CT molecular complexity index is 350. The van der Waals surface area contributed by atoms with Crippen LogP contribution in [0.2, 0.25) is 0 Å². The van der Waals surface area contributed by atoms with Crippen LogP contribution < -0.4 is 5.32 Å². The number of allylic oxidation sites excluding steroid dienone is 1. The van der Waals surface area contributed by atoms with Crippen molar-refractivity contribution in [2.24, 2.45) is 0 Å². The number of carboxylic acid groups (broad SMARTS) is 1. The van der Waals surface area contributed by atoms with Crippen molar-refractivity contribution in [2.75, 3.05) is 0 Å². The lowest BCUT2D eigenvalue weighted by Gasteiger charge is -2.03. The minimum atomic E-state index is -1.03. The molecule has 4 heteroatoms. The van der Waals surface area contributed by atoms with Gasteiger partial charge in [0.05, 0.1) is 12.2 Å². The number of aromatic nitrogens is 1. The molecule has 0 radical (unpaired) electrons. The maximum Gasteiger partial charge on any atom is 0.404 e. The van der Waals surface area contributed by atoms with Gasteiger partial charge in [-0.3, -0.25) is 4.98 Å². The molecule has 1 aromatic rings. The van der Waals surface area contributed by atoms with Crippen molar-refractivity contribution in [2.45, 2.75) is 19.4 Å². The molecule has 0 aromatic carbocycles. The molecule has 2 N–H and O–H groups in total. The van der Waals surface area contributed by atoms with Gasteiger partial charge in [-0.2, -0.15) is 0 Å². The number of hydrogen-bond acceptors (Lipinski definition) is 2. The minimum absolute atomic E-state index is 0.247. The Morgan fingerprint density at radius 2 is 2.27 bits per heavy atom. The fourth-order valence-corrected chi connectivity index (χ4v) is 1.18. The molecule has 0 spiro atoms. The fraction of sp³-hybridized carbons (Fsp3) is 0.273. The highest BCUT2D eigenvalue weighted by Gasteiger charge is 1.99. The van der Waals surface area contributed by atoms with Gasteiger partial charge in [-0.25, -0.2) is 4.79 Å². The number of pyridine rings is 1. The molecule has 1 amide bonds. The van der Waals surface area contributed by atoms with Crippen LogP contribution in [0.25, 0.3) is 0 Å². The number of aryl methyl sites for hydroxylation is 1. The molecule has 0 aliphatic heterocycles. The van der Waals surface area contributed by atoms with Gasteiger partial charge in [0.15, 0.2) is 0 Å². The molecule has 0 aliphatic carbocycles. The molecule has 0 bridgehead atoms. The fourth-order valence-electron chi connectivity index (χ4n) is 1.18. The summed E-state index contributed by atoms with van der Waals surface area (Å²) in [5, 5.41) is 10.7. The van der Waals surface area contributed by atoms with Gasteiger partial charge in [0.1, 0.15) is 0 Å². The summed E-state index contributed by atoms with van der Waals surface area (Å²) < 4.78 is 0. The lowest BCUT2D eigenvalue weighted by molar-refractivity contribution is 0.194. The lowest BCUT2D eigenvalue weighted by Crippen LogP contribution is -2.20. The topological polar surface area (TPSA) is 62.2 Å². The third kappa shape index (κ3) is 4.26. The third-order valence-corrected chi connectivity index (χ3v) is 1.89. The molecule has 0 aliphatic rings. The first-order chi connectivity index (χ1) is 7.22. The number of nitrogens with zero attached hydrogens (tertiary/aromatic N) is 1. The Hall–Kier alpha value is -1.84. The van der Waals surface area contributed by atoms with E-state index in [1.54, 1.807) is 6.07 Å². The normalized spacial score (nSPS) is 9.60. The first kappa shape index (κ1) is 11.2. The molecule has 15 heavy (non-hydrogen) atoms. The van der Waals surface area contributed by atoms with Gasteiger partial charge < -0.3 is 10.4 Å². The Morgan fingerprint density at radius 1 is 1.53 bits per heavy atom. The van der Waals surface area contributed by atoms with Gasteiger partial charge >= 0.3 is 6.09 Å². The van der Waals surface area contributed by atoms with Crippen LogP contribution in [-0.4, -0.2) is 16.2 Å². The SMILES string of the molecule is C=CCCc1cccc(CNC(=O)O)n1. The average molecular weight is 206 g/mol. The van der Waals surface area contributed by atoms with Crippen LogP contribution in [-0.2, 0) is 13.0 Å². The maximum absolute atomic E-state index is 10.3. The van der Waals surface area contributed by atoms with Gasteiger partial charge in [-0.15, -0.1) is 6.58 Å². The predicted molar refractivity (Wildman–Crippen MR) is 57.6 cm³/mol. The highest BCUT2D eigenvalue weighted by Crippen LogP contribution is 2.02. The Morgan fingerprint density at radius 3 is 2.93 bits per heavy atom. The lowest BCUT2D eigenvalue weighted by atomic mass is 10.2. The molecule has 1 rings (SSSR count). The van der Waals surface area contributed by atoms with E-state index < -0.39 is 6.09 Å². The molecule has 0 unspecified atom stereocenters. The zero-order valence-corrected chi connectivity index (χ0v) is 8.44. The van der Waals surface area contributed by atoms with Crippen molar-refractivity contribution in [3.05, 3.63) is 42.2 Å². The van der Waals surface area contributed by atoms with Crippen molar-refractivity contribution in [3.8, 4) is 0 Å². The number of rotatable bonds is 5. The number of amides is 1. The number of nitrogens with one attached hydrogen (secondary N) is 1. The summed E-state index contributed by atoms with van der Waals surface area (Å²) in [6.45, 7) is 3.89. The highest BCUT2D eigenvalue weighted by molar-refractivity contribution is 5.64. The van der Waals surface area contributed by atoms with Crippen molar-refractivity contribution < 1.29 is 9.90 Å². The molecular formula is C11H14N2O2. The van der Waals surface area contributed by atoms with Crippen molar-refractivity contribution in [3.63, 3.8) is 0 Å². The van der Waals surface area contributed by atoms with E-state index in [0.717, 1.165) is 24.2 Å². The second-order valence-electron chi connectivity index (χ2n) is 3.11. The zero-order chi connectivity index (χ0) is 11.1. The second kappa shape index (κ2) is 5.80. The van der Waals surface area contributed by atoms with Crippen molar-refractivity contribution in [1.29, 1.82) is 0 Å². The quantitative estimate of drug-likeness (QED) is 0.724. The van der Waals surface area contributed by atoms with Crippen LogP contribution >= 0.6 is 0 Å². The molecule has 0 saturated carbocycles. The van der Waals surface area contributed by atoms with E-state index in [2.05, 4.69) is 16.9 Å². The minimum Gasteiger partial charge on any atom is -0.465 e. The zero-order valence-electron chi connectivity index (χ0n) is 8.44. The van der Waals surface area contributed by atoms with Gasteiger partial charge in [-0.1, -0.05) is 12.1 Å². The maximum atomic E-state index is 10.3. The highest BCUT2D eigenvalue weighted by atomic mass is 16.4. The molecule has 1 heterocycles. The Kier molecular flexibility index (Phi) is 4.34. The van der Waals surface area contributed by atoms with E-state index in [0.29, 0.717) is 0 Å². The van der Waals surface area contributed by atoms with Gasteiger partial charge in [0.2, 0.25) is 0 Å². The van der Waals surface area contributed by atoms with E-state index in [1.807, 2.05) is 18.2 Å². The summed E-state index contributed by atoms with van der Waals surface area (Å²) in [7, 11) is 0. The molecule has 0 saturated heterocycles. The van der Waals surface area contributed by atoms with Crippen LogP contribution in [0.1, 0.15) is 17.8 Å². The van der Waals surface area contributed by atoms with Crippen molar-refractivity contribution in [1.82, 2.24) is 10.3 Å². The predicted octanol–water partition coefficient (Wildman–Crippen LogP) is 1.97. The Labute approximate surface area is 88.7 Å². The van der Waals surface area contributed by atoms with Crippen LogP contribution in [0.3, 0.4) is 0 Å². The molecule has 0 atom stereocenters. The van der Waals surface area contributed by atoms with Gasteiger partial charge in [0, 0.05) is 5.69 Å². The first-order valence-corrected chi connectivity index (χ1v) is 4.75. The molecule has 4 nitrogen and oxygen atoms in total. The second-order valence-corrected chi connectivity index (χ2v) is 3.11. The van der Waals surface area contributed by atoms with Gasteiger partial charge in [-0.05, 0) is 25.0 Å². The molecular weight excluding hydrogens is 192 g/mol. The van der Waals surface area contributed by atoms with Crippen molar-refractivity contribution >= 4 is 6.09 Å². The molecule has 0 fully saturated rings. The van der Waals surface area contributed by atoms with E-state index in [-0.39, 0.29) is 6.54 Å². The first-order valence-electron chi connectivity index (χ1n) is 4.75. The Balaban J connectivity index is 2.57. The summed E-state index contributed by atoms with van der Waals surface area (Å²) in [6, 6.07) is 5.60. The number of carbonyl (C=O) groups is 1. The summed E-state index contributed by atoms with van der Waals surface area (Å²) in [5.74, 6) is 0. The monoisotopic (exact) mass is 206 g/mol. The summed E-state index contributed by atoms with van der Waals surface area (Å²) in [6.07, 6.45) is 2.52. The van der Waals surface area contributed by atoms with Crippen LogP contribution in [0.5, 0.6) is 0 Å². The summed E-state index contributed by atoms with van der Waals surface area (Å²) in [5.41, 5.74) is 1.69. The third-order valence-electron chi connectivity index (χ3n) is 1.89. The van der Waals surface area contributed by atoms with Crippen LogP contribution in [0.15, 0.2) is 30.9 Å². The number of hydrogen-bond donors (Lipinski definition) is 2. The van der Waals surface area contributed by atoms with Crippen LogP contribution in [0.4, 0.5) is 4.79 Å². The van der Waals surface area contributed by atoms with E-state index in [9.17, 15) is 4.79 Å². The largest absolute Gasteiger partial charge is 0.465 e. The summed E-state index contributed by atoms with van der Waals surface area (Å²) >= 11 is 0. The molecule has 1 aromatic heterocycles. The smallest absolute Gasteiger partial charge is 0.404 e. The van der Waals surface area contributed by atoms with E-state index in [1.165, 1.54) is 0 Å². The van der Waals surface area contributed by atoms with Crippen LogP contribution in [0, 0.1) is 0 Å².